The normalized spacial score (nSPS) is 16.3. The monoisotopic (exact) mass is 464 g/mol. The van der Waals surface area contributed by atoms with Crippen molar-refractivity contribution in [3.8, 4) is 11.1 Å². The van der Waals surface area contributed by atoms with E-state index < -0.39 is 30.4 Å². The van der Waals surface area contributed by atoms with Crippen LogP contribution in [-0.4, -0.2) is 42.3 Å². The summed E-state index contributed by atoms with van der Waals surface area (Å²) in [5.74, 6) is -1.25. The van der Waals surface area contributed by atoms with Crippen LogP contribution in [0.4, 0.5) is 4.79 Å². The third-order valence-electron chi connectivity index (χ3n) is 6.77. The number of ether oxygens (including phenoxy) is 1. The van der Waals surface area contributed by atoms with E-state index in [0.29, 0.717) is 12.5 Å². The Bertz CT molecular complexity index is 1030. The van der Waals surface area contributed by atoms with Crippen LogP contribution in [0.15, 0.2) is 48.5 Å². The van der Waals surface area contributed by atoms with Gasteiger partial charge >= 0.3 is 12.1 Å². The lowest BCUT2D eigenvalue weighted by atomic mass is 9.94. The molecule has 0 aliphatic heterocycles. The van der Waals surface area contributed by atoms with Crippen molar-refractivity contribution in [3.63, 3.8) is 0 Å². The van der Waals surface area contributed by atoms with Crippen LogP contribution in [0.25, 0.3) is 11.1 Å². The van der Waals surface area contributed by atoms with Gasteiger partial charge in [0.2, 0.25) is 5.91 Å². The molecule has 2 aliphatic carbocycles. The summed E-state index contributed by atoms with van der Waals surface area (Å²) in [6, 6.07) is 14.8. The summed E-state index contributed by atoms with van der Waals surface area (Å²) in [4.78, 5) is 36.6. The molecule has 34 heavy (non-hydrogen) atoms. The van der Waals surface area contributed by atoms with Crippen LogP contribution in [0.5, 0.6) is 0 Å². The first kappa shape index (κ1) is 23.8. The number of fused-ring (bicyclic) bond motifs is 3. The average Bonchev–Trinajstić information content (AvgIpc) is 3.48. The molecule has 2 aromatic rings. The largest absolute Gasteiger partial charge is 0.481 e. The van der Waals surface area contributed by atoms with Gasteiger partial charge < -0.3 is 20.5 Å². The maximum Gasteiger partial charge on any atom is 0.407 e. The molecule has 2 aliphatic rings. The van der Waals surface area contributed by atoms with Crippen molar-refractivity contribution in [2.45, 2.75) is 51.5 Å². The van der Waals surface area contributed by atoms with E-state index in [-0.39, 0.29) is 17.9 Å². The second-order valence-corrected chi connectivity index (χ2v) is 9.94. The Labute approximate surface area is 199 Å². The van der Waals surface area contributed by atoms with Gasteiger partial charge in [0, 0.05) is 12.5 Å². The second kappa shape index (κ2) is 9.87. The highest BCUT2D eigenvalue weighted by Crippen LogP contribution is 2.50. The molecule has 4 rings (SSSR count). The molecule has 2 amide bonds. The maximum absolute atomic E-state index is 12.7. The highest BCUT2D eigenvalue weighted by atomic mass is 16.5. The number of nitrogens with one attached hydrogen (secondary N) is 2. The average molecular weight is 465 g/mol. The molecule has 1 saturated carbocycles. The Morgan fingerprint density at radius 2 is 1.62 bits per heavy atom. The first-order valence-electron chi connectivity index (χ1n) is 11.9. The SMILES string of the molecule is CC(C)CC1(CNC(=O)C(CC(=O)O)NC(=O)OCC2c3ccccc3-c3ccccc32)CC1. The number of hydrogen-bond acceptors (Lipinski definition) is 4. The molecular formula is C27H32N2O5. The van der Waals surface area contributed by atoms with Gasteiger partial charge in [-0.05, 0) is 52.8 Å². The number of aliphatic carboxylic acids is 1. The number of carboxylic acid groups (broad SMARTS) is 1. The molecule has 0 aromatic heterocycles. The minimum atomic E-state index is -1.19. The predicted molar refractivity (Wildman–Crippen MR) is 128 cm³/mol. The maximum atomic E-state index is 12.7. The fourth-order valence-corrected chi connectivity index (χ4v) is 5.06. The van der Waals surface area contributed by atoms with Gasteiger partial charge in [-0.25, -0.2) is 4.79 Å². The number of carboxylic acids is 1. The minimum Gasteiger partial charge on any atom is -0.481 e. The van der Waals surface area contributed by atoms with Gasteiger partial charge in [0.1, 0.15) is 12.6 Å². The van der Waals surface area contributed by atoms with E-state index >= 15 is 0 Å². The Balaban J connectivity index is 1.36. The van der Waals surface area contributed by atoms with Crippen molar-refractivity contribution in [1.29, 1.82) is 0 Å². The summed E-state index contributed by atoms with van der Waals surface area (Å²) in [5, 5.41) is 14.6. The molecule has 7 nitrogen and oxygen atoms in total. The van der Waals surface area contributed by atoms with Crippen LogP contribution < -0.4 is 10.6 Å². The van der Waals surface area contributed by atoms with Crippen molar-refractivity contribution in [2.24, 2.45) is 11.3 Å². The summed E-state index contributed by atoms with van der Waals surface area (Å²) in [7, 11) is 0. The van der Waals surface area contributed by atoms with Crippen LogP contribution in [0.2, 0.25) is 0 Å². The van der Waals surface area contributed by atoms with Crippen molar-refractivity contribution in [1.82, 2.24) is 10.6 Å². The quantitative estimate of drug-likeness (QED) is 0.486. The van der Waals surface area contributed by atoms with Crippen LogP contribution in [0.1, 0.15) is 56.6 Å². The van der Waals surface area contributed by atoms with E-state index in [1.54, 1.807) is 0 Å². The Hall–Kier alpha value is -3.35. The van der Waals surface area contributed by atoms with Gasteiger partial charge in [-0.1, -0.05) is 62.4 Å². The van der Waals surface area contributed by atoms with Crippen LogP contribution in [-0.2, 0) is 14.3 Å². The zero-order valence-electron chi connectivity index (χ0n) is 19.7. The number of carbonyl (C=O) groups is 3. The molecule has 1 unspecified atom stereocenters. The van der Waals surface area contributed by atoms with Crippen LogP contribution >= 0.6 is 0 Å². The van der Waals surface area contributed by atoms with Gasteiger partial charge in [-0.2, -0.15) is 0 Å². The lowest BCUT2D eigenvalue weighted by molar-refractivity contribution is -0.139. The molecule has 0 bridgehead atoms. The fourth-order valence-electron chi connectivity index (χ4n) is 5.06. The summed E-state index contributed by atoms with van der Waals surface area (Å²) < 4.78 is 5.49. The molecule has 0 saturated heterocycles. The van der Waals surface area contributed by atoms with Crippen LogP contribution in [0, 0.1) is 11.3 Å². The highest BCUT2D eigenvalue weighted by molar-refractivity contribution is 5.89. The molecule has 180 valence electrons. The zero-order chi connectivity index (χ0) is 24.3. The first-order valence-corrected chi connectivity index (χ1v) is 11.9. The molecule has 1 fully saturated rings. The molecule has 0 radical (unpaired) electrons. The summed E-state index contributed by atoms with van der Waals surface area (Å²) in [6.07, 6.45) is 1.81. The molecule has 0 spiro atoms. The molecule has 3 N–H and O–H groups in total. The summed E-state index contributed by atoms with van der Waals surface area (Å²) in [5.41, 5.74) is 4.49. The Morgan fingerprint density at radius 3 is 2.15 bits per heavy atom. The lowest BCUT2D eigenvalue weighted by Gasteiger charge is -2.22. The first-order chi connectivity index (χ1) is 16.3. The van der Waals surface area contributed by atoms with Crippen molar-refractivity contribution >= 4 is 18.0 Å². The van der Waals surface area contributed by atoms with Gasteiger partial charge in [-0.15, -0.1) is 0 Å². The van der Waals surface area contributed by atoms with Crippen LogP contribution in [0.3, 0.4) is 0 Å². The number of benzene rings is 2. The van der Waals surface area contributed by atoms with E-state index in [2.05, 4.69) is 24.5 Å². The smallest absolute Gasteiger partial charge is 0.407 e. The van der Waals surface area contributed by atoms with E-state index in [1.807, 2.05) is 48.5 Å². The van der Waals surface area contributed by atoms with Gasteiger partial charge in [-0.3, -0.25) is 9.59 Å². The number of alkyl carbamates (subject to hydrolysis) is 1. The number of amides is 2. The predicted octanol–water partition coefficient (Wildman–Crippen LogP) is 4.31. The molecule has 7 heteroatoms. The van der Waals surface area contributed by atoms with Crippen molar-refractivity contribution in [2.75, 3.05) is 13.2 Å². The fraction of sp³-hybridized carbons (Fsp3) is 0.444. The van der Waals surface area contributed by atoms with E-state index in [4.69, 9.17) is 4.74 Å². The van der Waals surface area contributed by atoms with E-state index in [1.165, 1.54) is 0 Å². The van der Waals surface area contributed by atoms with Crippen molar-refractivity contribution in [3.05, 3.63) is 59.7 Å². The van der Waals surface area contributed by atoms with E-state index in [0.717, 1.165) is 41.5 Å². The summed E-state index contributed by atoms with van der Waals surface area (Å²) >= 11 is 0. The number of carbonyl (C=O) groups excluding carboxylic acids is 2. The number of rotatable bonds is 10. The van der Waals surface area contributed by atoms with Gasteiger partial charge in [0.15, 0.2) is 0 Å². The third kappa shape index (κ3) is 5.41. The molecular weight excluding hydrogens is 432 g/mol. The standard InChI is InChI=1S/C27H32N2O5/c1-17(2)14-27(11-12-27)16-28-25(32)23(13-24(30)31)29-26(33)34-15-22-20-9-5-3-7-18(20)19-8-4-6-10-21(19)22/h3-10,17,22-23H,11-16H2,1-2H3,(H,28,32)(H,29,33)(H,30,31). The molecule has 0 heterocycles. The topological polar surface area (TPSA) is 105 Å². The molecule has 2 aromatic carbocycles. The Kier molecular flexibility index (Phi) is 6.91. The summed E-state index contributed by atoms with van der Waals surface area (Å²) in [6.45, 7) is 4.88. The van der Waals surface area contributed by atoms with Crippen molar-refractivity contribution < 1.29 is 24.2 Å². The third-order valence-corrected chi connectivity index (χ3v) is 6.77. The number of hydrogen-bond donors (Lipinski definition) is 3. The highest BCUT2D eigenvalue weighted by Gasteiger charge is 2.43. The zero-order valence-corrected chi connectivity index (χ0v) is 19.7. The second-order valence-electron chi connectivity index (χ2n) is 9.94. The van der Waals surface area contributed by atoms with E-state index in [9.17, 15) is 19.5 Å². The van der Waals surface area contributed by atoms with Gasteiger partial charge in [0.25, 0.3) is 0 Å². The molecule has 1 atom stereocenters. The van der Waals surface area contributed by atoms with Gasteiger partial charge in [0.05, 0.1) is 6.42 Å². The minimum absolute atomic E-state index is 0.0960. The Morgan fingerprint density at radius 1 is 1.03 bits per heavy atom. The lowest BCUT2D eigenvalue weighted by Crippen LogP contribution is -2.49.